The number of aromatic nitrogens is 6. The highest BCUT2D eigenvalue weighted by Gasteiger charge is 2.22. The van der Waals surface area contributed by atoms with Crippen LogP contribution in [0.4, 0.5) is 5.82 Å². The fraction of sp³-hybridized carbons (Fsp3) is 0.353. The Morgan fingerprint density at radius 1 is 1.08 bits per heavy atom. The number of carbonyl (C=O) groups excluding carboxylic acids is 1. The van der Waals surface area contributed by atoms with Crippen LogP contribution >= 0.6 is 0 Å². The SMILES string of the molecule is Cc1nc(N2CCN(C(=O)Cn3cccn3)CC2)cc(-n2ccnc2)n1. The van der Waals surface area contributed by atoms with Gasteiger partial charge in [-0.2, -0.15) is 5.10 Å². The lowest BCUT2D eigenvalue weighted by Crippen LogP contribution is -2.50. The van der Waals surface area contributed by atoms with Crippen LogP contribution in [0.5, 0.6) is 0 Å². The van der Waals surface area contributed by atoms with Crippen molar-refractivity contribution in [3.05, 3.63) is 49.1 Å². The van der Waals surface area contributed by atoms with Gasteiger partial charge in [0.15, 0.2) is 0 Å². The molecule has 0 saturated carbocycles. The molecule has 4 heterocycles. The molecule has 0 aromatic carbocycles. The van der Waals surface area contributed by atoms with Crippen molar-refractivity contribution in [3.63, 3.8) is 0 Å². The molecule has 9 nitrogen and oxygen atoms in total. The molecule has 0 aliphatic carbocycles. The third-order valence-electron chi connectivity index (χ3n) is 4.39. The lowest BCUT2D eigenvalue weighted by Gasteiger charge is -2.35. The van der Waals surface area contributed by atoms with Gasteiger partial charge in [-0.05, 0) is 13.0 Å². The summed E-state index contributed by atoms with van der Waals surface area (Å²) in [5.41, 5.74) is 0. The second-order valence-electron chi connectivity index (χ2n) is 6.17. The van der Waals surface area contributed by atoms with Crippen LogP contribution in [0.2, 0.25) is 0 Å². The number of amides is 1. The molecule has 0 unspecified atom stereocenters. The van der Waals surface area contributed by atoms with E-state index < -0.39 is 0 Å². The highest BCUT2D eigenvalue weighted by atomic mass is 16.2. The van der Waals surface area contributed by atoms with Gasteiger partial charge < -0.3 is 9.80 Å². The molecule has 1 saturated heterocycles. The molecule has 134 valence electrons. The van der Waals surface area contributed by atoms with E-state index in [0.29, 0.717) is 18.9 Å². The number of carbonyl (C=O) groups is 1. The van der Waals surface area contributed by atoms with Crippen molar-refractivity contribution >= 4 is 11.7 Å². The van der Waals surface area contributed by atoms with Crippen molar-refractivity contribution in [3.8, 4) is 5.82 Å². The Hall–Kier alpha value is -3.23. The molecule has 3 aromatic heterocycles. The van der Waals surface area contributed by atoms with Crippen LogP contribution in [0.1, 0.15) is 5.82 Å². The molecule has 0 bridgehead atoms. The van der Waals surface area contributed by atoms with Crippen molar-refractivity contribution in [2.45, 2.75) is 13.5 Å². The number of hydrogen-bond acceptors (Lipinski definition) is 6. The zero-order chi connectivity index (χ0) is 17.9. The third kappa shape index (κ3) is 3.41. The molecule has 0 radical (unpaired) electrons. The predicted molar refractivity (Wildman–Crippen MR) is 94.9 cm³/mol. The van der Waals surface area contributed by atoms with Crippen LogP contribution in [0.25, 0.3) is 5.82 Å². The number of rotatable bonds is 4. The van der Waals surface area contributed by atoms with E-state index in [0.717, 1.165) is 24.7 Å². The van der Waals surface area contributed by atoms with Crippen LogP contribution in [0.3, 0.4) is 0 Å². The molecule has 1 aliphatic rings. The first-order valence-electron chi connectivity index (χ1n) is 8.53. The molecule has 1 amide bonds. The minimum absolute atomic E-state index is 0.0892. The summed E-state index contributed by atoms with van der Waals surface area (Å²) in [5, 5.41) is 4.09. The minimum atomic E-state index is 0.0892. The van der Waals surface area contributed by atoms with Gasteiger partial charge in [0.1, 0.15) is 30.3 Å². The van der Waals surface area contributed by atoms with Crippen molar-refractivity contribution < 1.29 is 4.79 Å². The lowest BCUT2D eigenvalue weighted by molar-refractivity contribution is -0.132. The predicted octanol–water partition coefficient (Wildman–Crippen LogP) is 0.516. The number of aryl methyl sites for hydroxylation is 1. The zero-order valence-electron chi connectivity index (χ0n) is 14.6. The van der Waals surface area contributed by atoms with E-state index in [1.54, 1.807) is 29.6 Å². The van der Waals surface area contributed by atoms with Gasteiger partial charge in [-0.15, -0.1) is 0 Å². The zero-order valence-corrected chi connectivity index (χ0v) is 14.6. The summed E-state index contributed by atoms with van der Waals surface area (Å²) in [6.07, 6.45) is 8.78. The van der Waals surface area contributed by atoms with Gasteiger partial charge in [-0.25, -0.2) is 15.0 Å². The van der Waals surface area contributed by atoms with Crippen molar-refractivity contribution in [1.82, 2.24) is 34.2 Å². The summed E-state index contributed by atoms with van der Waals surface area (Å²) in [6, 6.07) is 3.77. The number of imidazole rings is 1. The summed E-state index contributed by atoms with van der Waals surface area (Å²) in [5.74, 6) is 2.47. The Morgan fingerprint density at radius 3 is 2.58 bits per heavy atom. The monoisotopic (exact) mass is 352 g/mol. The first-order valence-corrected chi connectivity index (χ1v) is 8.53. The second-order valence-corrected chi connectivity index (χ2v) is 6.17. The molecule has 1 fully saturated rings. The van der Waals surface area contributed by atoms with Gasteiger partial charge in [0.2, 0.25) is 5.91 Å². The Labute approximate surface area is 150 Å². The van der Waals surface area contributed by atoms with Crippen LogP contribution in [0.15, 0.2) is 43.2 Å². The van der Waals surface area contributed by atoms with Crippen LogP contribution in [-0.4, -0.2) is 66.3 Å². The summed E-state index contributed by atoms with van der Waals surface area (Å²) in [7, 11) is 0. The van der Waals surface area contributed by atoms with Gasteiger partial charge in [0, 0.05) is 57.0 Å². The number of nitrogens with zero attached hydrogens (tertiary/aromatic N) is 8. The van der Waals surface area contributed by atoms with Crippen LogP contribution in [0, 0.1) is 6.92 Å². The highest BCUT2D eigenvalue weighted by Crippen LogP contribution is 2.17. The molecule has 4 rings (SSSR count). The number of piperazine rings is 1. The van der Waals surface area contributed by atoms with Crippen molar-refractivity contribution in [2.75, 3.05) is 31.1 Å². The number of anilines is 1. The Morgan fingerprint density at radius 2 is 1.88 bits per heavy atom. The average Bonchev–Trinajstić information content (AvgIpc) is 3.35. The van der Waals surface area contributed by atoms with Gasteiger partial charge in [0.25, 0.3) is 0 Å². The van der Waals surface area contributed by atoms with Crippen LogP contribution < -0.4 is 4.90 Å². The van der Waals surface area contributed by atoms with E-state index in [9.17, 15) is 4.79 Å². The summed E-state index contributed by atoms with van der Waals surface area (Å²) in [4.78, 5) is 29.5. The van der Waals surface area contributed by atoms with Gasteiger partial charge >= 0.3 is 0 Å². The Kier molecular flexibility index (Phi) is 4.34. The fourth-order valence-electron chi connectivity index (χ4n) is 3.04. The lowest BCUT2D eigenvalue weighted by atomic mass is 10.3. The maximum Gasteiger partial charge on any atom is 0.244 e. The maximum atomic E-state index is 12.4. The molecule has 0 N–H and O–H groups in total. The smallest absolute Gasteiger partial charge is 0.244 e. The summed E-state index contributed by atoms with van der Waals surface area (Å²) in [6.45, 7) is 4.99. The average molecular weight is 352 g/mol. The van der Waals surface area contributed by atoms with E-state index >= 15 is 0 Å². The first-order chi connectivity index (χ1) is 12.7. The van der Waals surface area contributed by atoms with E-state index in [-0.39, 0.29) is 12.5 Å². The number of hydrogen-bond donors (Lipinski definition) is 0. The van der Waals surface area contributed by atoms with Gasteiger partial charge in [0.05, 0.1) is 0 Å². The Bertz CT molecular complexity index is 866. The van der Waals surface area contributed by atoms with E-state index in [2.05, 4.69) is 25.0 Å². The molecule has 1 aliphatic heterocycles. The third-order valence-corrected chi connectivity index (χ3v) is 4.39. The van der Waals surface area contributed by atoms with Crippen molar-refractivity contribution in [2.24, 2.45) is 0 Å². The highest BCUT2D eigenvalue weighted by molar-refractivity contribution is 5.76. The standard InChI is InChI=1S/C17H20N8O/c1-14-20-15(11-16(21-14)24-6-4-18-13-24)22-7-9-23(10-8-22)17(26)12-25-5-2-3-19-25/h2-6,11,13H,7-10,12H2,1H3. The molecule has 26 heavy (non-hydrogen) atoms. The maximum absolute atomic E-state index is 12.4. The second kappa shape index (κ2) is 6.95. The van der Waals surface area contributed by atoms with Crippen LogP contribution in [-0.2, 0) is 11.3 Å². The van der Waals surface area contributed by atoms with E-state index in [4.69, 9.17) is 0 Å². The quantitative estimate of drug-likeness (QED) is 0.680. The molecule has 3 aromatic rings. The minimum Gasteiger partial charge on any atom is -0.353 e. The van der Waals surface area contributed by atoms with E-state index in [1.807, 2.05) is 34.7 Å². The molecule has 9 heteroatoms. The molecule has 0 atom stereocenters. The fourth-order valence-corrected chi connectivity index (χ4v) is 3.04. The van der Waals surface area contributed by atoms with Gasteiger partial charge in [-0.3, -0.25) is 14.0 Å². The summed E-state index contributed by atoms with van der Waals surface area (Å²) < 4.78 is 3.52. The largest absolute Gasteiger partial charge is 0.353 e. The Balaban J connectivity index is 1.42. The van der Waals surface area contributed by atoms with Crippen molar-refractivity contribution in [1.29, 1.82) is 0 Å². The molecular formula is C17H20N8O. The normalized spacial score (nSPS) is 14.7. The van der Waals surface area contributed by atoms with Gasteiger partial charge in [-0.1, -0.05) is 0 Å². The van der Waals surface area contributed by atoms with E-state index in [1.165, 1.54) is 0 Å². The topological polar surface area (TPSA) is 85.0 Å². The summed E-state index contributed by atoms with van der Waals surface area (Å²) >= 11 is 0. The molecule has 0 spiro atoms. The first kappa shape index (κ1) is 16.2. The molecular weight excluding hydrogens is 332 g/mol.